The van der Waals surface area contributed by atoms with Crippen LogP contribution >= 0.6 is 0 Å². The van der Waals surface area contributed by atoms with Crippen LogP contribution in [0, 0.1) is 17.3 Å². The molecule has 4 heteroatoms. The lowest BCUT2D eigenvalue weighted by Crippen LogP contribution is -2.42. The first-order valence-corrected chi connectivity index (χ1v) is 7.16. The van der Waals surface area contributed by atoms with E-state index in [2.05, 4.69) is 24.5 Å². The van der Waals surface area contributed by atoms with Crippen LogP contribution in [0.25, 0.3) is 0 Å². The number of hydrogen-bond donors (Lipinski definition) is 2. The lowest BCUT2D eigenvalue weighted by molar-refractivity contribution is -0.125. The second-order valence-electron chi connectivity index (χ2n) is 6.28. The molecular weight excluding hydrogens is 228 g/mol. The second kappa shape index (κ2) is 6.02. The Morgan fingerprint density at radius 1 is 1.33 bits per heavy atom. The maximum Gasteiger partial charge on any atom is 0.224 e. The Balaban J connectivity index is 1.78. The summed E-state index contributed by atoms with van der Waals surface area (Å²) in [6, 6.07) is 0. The van der Waals surface area contributed by atoms with Gasteiger partial charge in [-0.05, 0) is 37.1 Å². The molecule has 0 saturated carbocycles. The van der Waals surface area contributed by atoms with Crippen molar-refractivity contribution in [3.8, 4) is 0 Å². The molecule has 2 saturated heterocycles. The SMILES string of the molecule is CC(C)(CNC(=O)C1CCNC1)C1CCOCC1. The Hall–Kier alpha value is -0.610. The first-order valence-electron chi connectivity index (χ1n) is 7.16. The summed E-state index contributed by atoms with van der Waals surface area (Å²) in [4.78, 5) is 12.0. The zero-order valence-electron chi connectivity index (χ0n) is 11.6. The van der Waals surface area contributed by atoms with Crippen LogP contribution in [-0.2, 0) is 9.53 Å². The van der Waals surface area contributed by atoms with Gasteiger partial charge in [-0.25, -0.2) is 0 Å². The number of ether oxygens (including phenoxy) is 1. The van der Waals surface area contributed by atoms with E-state index < -0.39 is 0 Å². The number of rotatable bonds is 4. The lowest BCUT2D eigenvalue weighted by atomic mass is 9.74. The topological polar surface area (TPSA) is 50.4 Å². The average molecular weight is 254 g/mol. The number of nitrogens with one attached hydrogen (secondary N) is 2. The molecule has 1 atom stereocenters. The molecule has 2 rings (SSSR count). The van der Waals surface area contributed by atoms with Crippen molar-refractivity contribution in [1.82, 2.24) is 10.6 Å². The lowest BCUT2D eigenvalue weighted by Gasteiger charge is -2.37. The van der Waals surface area contributed by atoms with Gasteiger partial charge in [0.05, 0.1) is 5.92 Å². The van der Waals surface area contributed by atoms with Gasteiger partial charge in [0.1, 0.15) is 0 Å². The molecule has 2 N–H and O–H groups in total. The van der Waals surface area contributed by atoms with E-state index in [1.165, 1.54) is 0 Å². The third-order valence-electron chi connectivity index (χ3n) is 4.48. The van der Waals surface area contributed by atoms with Gasteiger partial charge in [-0.3, -0.25) is 4.79 Å². The van der Waals surface area contributed by atoms with E-state index in [-0.39, 0.29) is 17.2 Å². The molecule has 4 nitrogen and oxygen atoms in total. The Morgan fingerprint density at radius 3 is 2.67 bits per heavy atom. The first-order chi connectivity index (χ1) is 8.59. The number of carbonyl (C=O) groups excluding carboxylic acids is 1. The van der Waals surface area contributed by atoms with Crippen molar-refractivity contribution in [3.05, 3.63) is 0 Å². The molecule has 0 aliphatic carbocycles. The summed E-state index contributed by atoms with van der Waals surface area (Å²) in [6.45, 7) is 8.85. The molecule has 0 aromatic heterocycles. The van der Waals surface area contributed by atoms with Gasteiger partial charge in [0.25, 0.3) is 0 Å². The van der Waals surface area contributed by atoms with Crippen LogP contribution in [0.2, 0.25) is 0 Å². The van der Waals surface area contributed by atoms with Crippen molar-refractivity contribution in [1.29, 1.82) is 0 Å². The van der Waals surface area contributed by atoms with Crippen LogP contribution in [0.5, 0.6) is 0 Å². The standard InChI is InChI=1S/C14H26N2O2/c1-14(2,12-4-7-18-8-5-12)10-16-13(17)11-3-6-15-9-11/h11-12,15H,3-10H2,1-2H3,(H,16,17). The summed E-state index contributed by atoms with van der Waals surface area (Å²) in [5, 5.41) is 6.38. The highest BCUT2D eigenvalue weighted by molar-refractivity contribution is 5.79. The van der Waals surface area contributed by atoms with Crippen molar-refractivity contribution in [2.24, 2.45) is 17.3 Å². The van der Waals surface area contributed by atoms with Crippen molar-refractivity contribution in [2.45, 2.75) is 33.1 Å². The van der Waals surface area contributed by atoms with E-state index in [0.717, 1.165) is 52.1 Å². The molecule has 2 fully saturated rings. The third-order valence-corrected chi connectivity index (χ3v) is 4.48. The van der Waals surface area contributed by atoms with E-state index in [1.807, 2.05) is 0 Å². The Labute approximate surface area is 110 Å². The highest BCUT2D eigenvalue weighted by Crippen LogP contribution is 2.33. The van der Waals surface area contributed by atoms with E-state index >= 15 is 0 Å². The molecule has 0 spiro atoms. The predicted octanol–water partition coefficient (Wildman–Crippen LogP) is 1.16. The zero-order chi connectivity index (χ0) is 13.0. The van der Waals surface area contributed by atoms with Crippen LogP contribution in [0.4, 0.5) is 0 Å². The number of carbonyl (C=O) groups is 1. The fourth-order valence-electron chi connectivity index (χ4n) is 2.96. The Kier molecular flexibility index (Phi) is 4.62. The largest absolute Gasteiger partial charge is 0.381 e. The van der Waals surface area contributed by atoms with Gasteiger partial charge in [0.15, 0.2) is 0 Å². The van der Waals surface area contributed by atoms with E-state index in [1.54, 1.807) is 0 Å². The fourth-order valence-corrected chi connectivity index (χ4v) is 2.96. The van der Waals surface area contributed by atoms with Crippen LogP contribution in [-0.4, -0.2) is 38.8 Å². The molecule has 104 valence electrons. The minimum Gasteiger partial charge on any atom is -0.381 e. The molecule has 2 heterocycles. The van der Waals surface area contributed by atoms with Crippen molar-refractivity contribution in [2.75, 3.05) is 32.8 Å². The normalized spacial score (nSPS) is 26.2. The molecule has 0 bridgehead atoms. The highest BCUT2D eigenvalue weighted by Gasteiger charge is 2.32. The van der Waals surface area contributed by atoms with Gasteiger partial charge in [0.2, 0.25) is 5.91 Å². The van der Waals surface area contributed by atoms with Gasteiger partial charge in [-0.1, -0.05) is 13.8 Å². The second-order valence-corrected chi connectivity index (χ2v) is 6.28. The fraction of sp³-hybridized carbons (Fsp3) is 0.929. The van der Waals surface area contributed by atoms with Gasteiger partial charge >= 0.3 is 0 Å². The number of amides is 1. The molecular formula is C14H26N2O2. The van der Waals surface area contributed by atoms with Gasteiger partial charge in [0, 0.05) is 26.3 Å². The maximum atomic E-state index is 12.0. The van der Waals surface area contributed by atoms with Crippen LogP contribution in [0.15, 0.2) is 0 Å². The zero-order valence-corrected chi connectivity index (χ0v) is 11.6. The van der Waals surface area contributed by atoms with Crippen LogP contribution < -0.4 is 10.6 Å². The summed E-state index contributed by atoms with van der Waals surface area (Å²) >= 11 is 0. The van der Waals surface area contributed by atoms with E-state index in [4.69, 9.17) is 4.74 Å². The van der Waals surface area contributed by atoms with Gasteiger partial charge in [-0.15, -0.1) is 0 Å². The van der Waals surface area contributed by atoms with E-state index in [9.17, 15) is 4.79 Å². The van der Waals surface area contributed by atoms with Crippen LogP contribution in [0.1, 0.15) is 33.1 Å². The van der Waals surface area contributed by atoms with Gasteiger partial charge in [-0.2, -0.15) is 0 Å². The third kappa shape index (κ3) is 3.45. The molecule has 0 aromatic rings. The molecule has 2 aliphatic heterocycles. The first kappa shape index (κ1) is 13.8. The summed E-state index contributed by atoms with van der Waals surface area (Å²) in [6.07, 6.45) is 3.21. The molecule has 0 aromatic carbocycles. The molecule has 1 amide bonds. The molecule has 1 unspecified atom stereocenters. The van der Waals surface area contributed by atoms with Crippen molar-refractivity contribution < 1.29 is 9.53 Å². The van der Waals surface area contributed by atoms with Crippen molar-refractivity contribution >= 4 is 5.91 Å². The van der Waals surface area contributed by atoms with Crippen LogP contribution in [0.3, 0.4) is 0 Å². The van der Waals surface area contributed by atoms with E-state index in [0.29, 0.717) is 5.92 Å². The molecule has 2 aliphatic rings. The Morgan fingerprint density at radius 2 is 2.06 bits per heavy atom. The minimum atomic E-state index is 0.172. The predicted molar refractivity (Wildman–Crippen MR) is 71.3 cm³/mol. The number of hydrogen-bond acceptors (Lipinski definition) is 3. The molecule has 0 radical (unpaired) electrons. The summed E-state index contributed by atoms with van der Waals surface area (Å²) in [5.74, 6) is 1.06. The molecule has 18 heavy (non-hydrogen) atoms. The average Bonchev–Trinajstić information content (AvgIpc) is 2.91. The monoisotopic (exact) mass is 254 g/mol. The summed E-state index contributed by atoms with van der Waals surface area (Å²) in [7, 11) is 0. The summed E-state index contributed by atoms with van der Waals surface area (Å²) < 4.78 is 5.41. The Bertz CT molecular complexity index is 280. The quantitative estimate of drug-likeness (QED) is 0.791. The van der Waals surface area contributed by atoms with Gasteiger partial charge < -0.3 is 15.4 Å². The van der Waals surface area contributed by atoms with Crippen molar-refractivity contribution in [3.63, 3.8) is 0 Å². The maximum absolute atomic E-state index is 12.0. The minimum absolute atomic E-state index is 0.172. The highest BCUT2D eigenvalue weighted by atomic mass is 16.5. The smallest absolute Gasteiger partial charge is 0.224 e. The summed E-state index contributed by atoms with van der Waals surface area (Å²) in [5.41, 5.74) is 0.172.